The van der Waals surface area contributed by atoms with Crippen LogP contribution in [0.5, 0.6) is 5.75 Å². The minimum atomic E-state index is -4.26. The Balaban J connectivity index is 2.02. The lowest BCUT2D eigenvalue weighted by atomic mass is 10.0. The van der Waals surface area contributed by atoms with Crippen molar-refractivity contribution in [2.45, 2.75) is 26.9 Å². The van der Waals surface area contributed by atoms with E-state index in [1.165, 1.54) is 0 Å². The van der Waals surface area contributed by atoms with E-state index in [1.807, 2.05) is 0 Å². The number of esters is 2. The molecule has 0 spiro atoms. The van der Waals surface area contributed by atoms with Gasteiger partial charge < -0.3 is 18.9 Å². The van der Waals surface area contributed by atoms with Gasteiger partial charge in [0.2, 0.25) is 0 Å². The third kappa shape index (κ3) is 13.2. The van der Waals surface area contributed by atoms with Gasteiger partial charge in [-0.05, 0) is 86.5 Å². The molecule has 254 valence electrons. The summed E-state index contributed by atoms with van der Waals surface area (Å²) in [5.41, 5.74) is 3.09. The van der Waals surface area contributed by atoms with E-state index < -0.39 is 43.7 Å². The molecule has 0 amide bonds. The fourth-order valence-electron chi connectivity index (χ4n) is 3.93. The van der Waals surface area contributed by atoms with Crippen LogP contribution in [0.15, 0.2) is 60.7 Å². The van der Waals surface area contributed by atoms with Crippen LogP contribution in [-0.4, -0.2) is 75.8 Å². The first kappa shape index (κ1) is 37.8. The Kier molecular flexibility index (Phi) is 14.2. The topological polar surface area (TPSA) is 180 Å². The lowest BCUT2D eigenvalue weighted by Gasteiger charge is -2.13. The third-order valence-electron chi connectivity index (χ3n) is 6.23. The second-order valence-electron chi connectivity index (χ2n) is 9.93. The van der Waals surface area contributed by atoms with E-state index in [0.29, 0.717) is 38.9 Å². The zero-order valence-electron chi connectivity index (χ0n) is 26.2. The second-order valence-corrected chi connectivity index (χ2v) is 13.1. The van der Waals surface area contributed by atoms with Gasteiger partial charge in [0.15, 0.2) is 0 Å². The average molecular weight is 699 g/mol. The predicted molar refractivity (Wildman–Crippen MR) is 176 cm³/mol. The van der Waals surface area contributed by atoms with Crippen LogP contribution in [0.25, 0.3) is 0 Å². The van der Waals surface area contributed by atoms with E-state index in [-0.39, 0.29) is 45.2 Å². The first-order valence-electron chi connectivity index (χ1n) is 14.6. The van der Waals surface area contributed by atoms with Crippen LogP contribution < -0.4 is 4.74 Å². The Morgan fingerprint density at radius 3 is 1.65 bits per heavy atom. The Morgan fingerprint density at radius 2 is 1.17 bits per heavy atom. The van der Waals surface area contributed by atoms with Gasteiger partial charge in [0.05, 0.1) is 61.2 Å². The molecule has 0 fully saturated rings. The molecule has 0 aliphatic rings. The summed E-state index contributed by atoms with van der Waals surface area (Å²) in [6, 6.07) is 16.0. The molecule has 3 aromatic rings. The third-order valence-corrected chi connectivity index (χ3v) is 7.72. The van der Waals surface area contributed by atoms with Gasteiger partial charge in [-0.2, -0.15) is 16.8 Å². The summed E-state index contributed by atoms with van der Waals surface area (Å²) in [5.74, 6) is 10.2. The first-order valence-corrected chi connectivity index (χ1v) is 17.9. The Labute approximate surface area is 279 Å². The monoisotopic (exact) mass is 698 g/mol. The Morgan fingerprint density at radius 1 is 0.667 bits per heavy atom. The molecule has 0 aliphatic carbocycles. The van der Waals surface area contributed by atoms with E-state index >= 15 is 0 Å². The fraction of sp³-hybridized carbons (Fsp3) is 0.294. The Hall–Kier alpha value is -4.70. The highest BCUT2D eigenvalue weighted by molar-refractivity contribution is 7.86. The summed E-state index contributed by atoms with van der Waals surface area (Å²) >= 11 is 0. The highest BCUT2D eigenvalue weighted by Crippen LogP contribution is 2.25. The van der Waals surface area contributed by atoms with Gasteiger partial charge in [0, 0.05) is 16.7 Å². The predicted octanol–water partition coefficient (Wildman–Crippen LogP) is 3.90. The SMILES string of the molecule is CCOC(=O)c1ccc(C#Cc2cc(OCCCS(=O)(=O)O)c(C#Cc3ccc(C(=O)OCC)cc3)cc2COCCS(=O)(=O)O)cc1. The fourth-order valence-corrected chi connectivity index (χ4v) is 4.75. The number of benzene rings is 3. The van der Waals surface area contributed by atoms with Gasteiger partial charge in [-0.3, -0.25) is 9.11 Å². The van der Waals surface area contributed by atoms with E-state index in [2.05, 4.69) is 23.7 Å². The quantitative estimate of drug-likeness (QED) is 0.108. The molecule has 2 N–H and O–H groups in total. The maximum atomic E-state index is 12.0. The van der Waals surface area contributed by atoms with Crippen LogP contribution in [0.3, 0.4) is 0 Å². The molecule has 3 rings (SSSR count). The van der Waals surface area contributed by atoms with Crippen molar-refractivity contribution in [1.82, 2.24) is 0 Å². The average Bonchev–Trinajstić information content (AvgIpc) is 3.03. The van der Waals surface area contributed by atoms with Crippen LogP contribution in [0.1, 0.15) is 68.8 Å². The molecule has 0 bridgehead atoms. The largest absolute Gasteiger partial charge is 0.492 e. The van der Waals surface area contributed by atoms with Crippen molar-refractivity contribution in [1.29, 1.82) is 0 Å². The number of hydrogen-bond donors (Lipinski definition) is 2. The highest BCUT2D eigenvalue weighted by Gasteiger charge is 2.13. The molecule has 0 heterocycles. The van der Waals surface area contributed by atoms with Crippen molar-refractivity contribution >= 4 is 32.2 Å². The number of carbonyl (C=O) groups excluding carboxylic acids is 2. The summed E-state index contributed by atoms with van der Waals surface area (Å²) in [7, 11) is -8.46. The summed E-state index contributed by atoms with van der Waals surface area (Å²) < 4.78 is 84.3. The molecule has 0 saturated carbocycles. The van der Waals surface area contributed by atoms with Gasteiger partial charge in [-0.25, -0.2) is 9.59 Å². The summed E-state index contributed by atoms with van der Waals surface area (Å²) in [5, 5.41) is 0. The van der Waals surface area contributed by atoms with Crippen LogP contribution >= 0.6 is 0 Å². The molecule has 0 atom stereocenters. The van der Waals surface area contributed by atoms with E-state index in [1.54, 1.807) is 74.5 Å². The molecular weight excluding hydrogens is 664 g/mol. The molecule has 14 heteroatoms. The first-order chi connectivity index (χ1) is 22.8. The minimum Gasteiger partial charge on any atom is -0.492 e. The number of ether oxygens (including phenoxy) is 4. The van der Waals surface area contributed by atoms with E-state index in [0.717, 1.165) is 0 Å². The van der Waals surface area contributed by atoms with Crippen molar-refractivity contribution in [3.8, 4) is 29.4 Å². The Bertz CT molecular complexity index is 1780. The molecule has 0 unspecified atom stereocenters. The summed E-state index contributed by atoms with van der Waals surface area (Å²) in [4.78, 5) is 24.0. The molecule has 12 nitrogen and oxygen atoms in total. The lowest BCUT2D eigenvalue weighted by Crippen LogP contribution is -2.11. The van der Waals surface area contributed by atoms with Crippen molar-refractivity contribution in [3.05, 3.63) is 99.6 Å². The maximum absolute atomic E-state index is 12.0. The molecule has 0 aliphatic heterocycles. The summed E-state index contributed by atoms with van der Waals surface area (Å²) in [6.45, 7) is 3.37. The lowest BCUT2D eigenvalue weighted by molar-refractivity contribution is 0.0516. The van der Waals surface area contributed by atoms with Gasteiger partial charge in [0.1, 0.15) is 5.75 Å². The van der Waals surface area contributed by atoms with Gasteiger partial charge >= 0.3 is 11.9 Å². The second kappa shape index (κ2) is 18.0. The number of carbonyl (C=O) groups is 2. The number of hydrogen-bond acceptors (Lipinski definition) is 10. The minimum absolute atomic E-state index is 0.0185. The smallest absolute Gasteiger partial charge is 0.338 e. The summed E-state index contributed by atoms with van der Waals surface area (Å²) in [6.07, 6.45) is -0.0185. The standard InChI is InChI=1S/C34H34O12S2/c1-3-44-33(35)27-12-6-25(7-13-27)10-16-29-23-32(46-18-5-20-47(37,38)39)30(22-31(29)24-43-19-21-48(40,41)42)17-11-26-8-14-28(15-9-26)34(36)45-4-2/h6-9,12-15,22-23H,3-5,18-21,24H2,1-2H3,(H,37,38,39)(H,40,41,42). The van der Waals surface area contributed by atoms with Gasteiger partial charge in [-0.15, -0.1) is 0 Å². The zero-order chi connectivity index (χ0) is 35.2. The molecule has 0 saturated heterocycles. The van der Waals surface area contributed by atoms with Crippen LogP contribution in [0, 0.1) is 23.7 Å². The zero-order valence-corrected chi connectivity index (χ0v) is 27.9. The van der Waals surface area contributed by atoms with Crippen LogP contribution in [-0.2, 0) is 41.1 Å². The van der Waals surface area contributed by atoms with Crippen LogP contribution in [0.2, 0.25) is 0 Å². The van der Waals surface area contributed by atoms with E-state index in [4.69, 9.17) is 28.1 Å². The maximum Gasteiger partial charge on any atom is 0.338 e. The molecule has 0 radical (unpaired) electrons. The molecular formula is C34H34O12S2. The highest BCUT2D eigenvalue weighted by atomic mass is 32.2. The van der Waals surface area contributed by atoms with Crippen LogP contribution in [0.4, 0.5) is 0 Å². The molecule has 3 aromatic carbocycles. The van der Waals surface area contributed by atoms with E-state index in [9.17, 15) is 26.4 Å². The molecule has 0 aromatic heterocycles. The van der Waals surface area contributed by atoms with Crippen molar-refractivity contribution in [2.75, 3.05) is 37.9 Å². The van der Waals surface area contributed by atoms with Crippen molar-refractivity contribution in [2.24, 2.45) is 0 Å². The molecule has 48 heavy (non-hydrogen) atoms. The van der Waals surface area contributed by atoms with Gasteiger partial charge in [0.25, 0.3) is 20.2 Å². The number of rotatable bonds is 14. The van der Waals surface area contributed by atoms with Crippen molar-refractivity contribution in [3.63, 3.8) is 0 Å². The van der Waals surface area contributed by atoms with Gasteiger partial charge in [-0.1, -0.05) is 23.7 Å². The van der Waals surface area contributed by atoms with Crippen molar-refractivity contribution < 1.29 is 54.5 Å². The normalized spacial score (nSPS) is 11.0.